The fourth-order valence-corrected chi connectivity index (χ4v) is 3.11. The highest BCUT2D eigenvalue weighted by Crippen LogP contribution is 2.37. The molecule has 1 aromatic rings. The normalized spacial score (nSPS) is 12.2. The Morgan fingerprint density at radius 2 is 1.88 bits per heavy atom. The van der Waals surface area contributed by atoms with E-state index < -0.39 is 21.4 Å². The Morgan fingerprint density at radius 3 is 2.32 bits per heavy atom. The van der Waals surface area contributed by atoms with Gasteiger partial charge in [-0.3, -0.25) is 9.59 Å². The third kappa shape index (κ3) is 5.31. The molecule has 0 saturated heterocycles. The molecule has 8 heteroatoms. The van der Waals surface area contributed by atoms with Crippen molar-refractivity contribution in [2.24, 2.45) is 0 Å². The summed E-state index contributed by atoms with van der Waals surface area (Å²) >= 11 is 6.25. The van der Waals surface area contributed by atoms with Gasteiger partial charge >= 0.3 is 0 Å². The van der Waals surface area contributed by atoms with Crippen LogP contribution < -0.4 is 4.74 Å². The Bertz CT molecular complexity index is 809. The molecule has 0 aliphatic carbocycles. The SMILES string of the molecule is CCOC=C(C(C)=O)C(=O)c1ccc(S(C)(=O)=O)c(OC(C)C)c1Cl. The fourth-order valence-electron chi connectivity index (χ4n) is 1.96. The minimum absolute atomic E-state index is 0.0362. The number of carbonyl (C=O) groups excluding carboxylic acids is 2. The number of sulfone groups is 1. The molecule has 0 bridgehead atoms. The van der Waals surface area contributed by atoms with Crippen molar-refractivity contribution in [3.05, 3.63) is 34.6 Å². The van der Waals surface area contributed by atoms with Crippen LogP contribution in [0.3, 0.4) is 0 Å². The second-order valence-corrected chi connectivity index (χ2v) is 7.93. The maximum atomic E-state index is 12.7. The molecule has 0 aromatic heterocycles. The maximum Gasteiger partial charge on any atom is 0.201 e. The highest BCUT2D eigenvalue weighted by atomic mass is 35.5. The Morgan fingerprint density at radius 1 is 1.28 bits per heavy atom. The monoisotopic (exact) mass is 388 g/mol. The van der Waals surface area contributed by atoms with E-state index in [2.05, 4.69) is 0 Å². The van der Waals surface area contributed by atoms with E-state index in [1.165, 1.54) is 19.1 Å². The molecule has 0 heterocycles. The summed E-state index contributed by atoms with van der Waals surface area (Å²) in [5.41, 5.74) is -0.225. The van der Waals surface area contributed by atoms with Crippen LogP contribution in [-0.4, -0.2) is 39.0 Å². The third-order valence-corrected chi connectivity index (χ3v) is 4.55. The van der Waals surface area contributed by atoms with Crippen molar-refractivity contribution in [2.45, 2.75) is 38.7 Å². The third-order valence-electron chi connectivity index (χ3n) is 3.05. The van der Waals surface area contributed by atoms with E-state index in [4.69, 9.17) is 21.1 Å². The highest BCUT2D eigenvalue weighted by molar-refractivity contribution is 7.90. The van der Waals surface area contributed by atoms with Gasteiger partial charge in [-0.25, -0.2) is 8.42 Å². The summed E-state index contributed by atoms with van der Waals surface area (Å²) in [6.07, 6.45) is 1.73. The zero-order valence-electron chi connectivity index (χ0n) is 14.8. The first-order valence-electron chi connectivity index (χ1n) is 7.57. The summed E-state index contributed by atoms with van der Waals surface area (Å²) in [5.74, 6) is -1.27. The number of allylic oxidation sites excluding steroid dienone is 1. The lowest BCUT2D eigenvalue weighted by molar-refractivity contribution is -0.113. The van der Waals surface area contributed by atoms with Crippen LogP contribution in [0.4, 0.5) is 0 Å². The zero-order chi connectivity index (χ0) is 19.4. The van der Waals surface area contributed by atoms with Crippen molar-refractivity contribution < 1.29 is 27.5 Å². The Labute approximate surface area is 152 Å². The lowest BCUT2D eigenvalue weighted by Crippen LogP contribution is -2.15. The average molecular weight is 389 g/mol. The molecule has 1 rings (SSSR count). The molecule has 0 amide bonds. The van der Waals surface area contributed by atoms with E-state index in [0.717, 1.165) is 12.5 Å². The van der Waals surface area contributed by atoms with Gasteiger partial charge in [-0.2, -0.15) is 0 Å². The number of benzene rings is 1. The van der Waals surface area contributed by atoms with Gasteiger partial charge in [-0.05, 0) is 39.8 Å². The molecule has 0 radical (unpaired) electrons. The number of ether oxygens (including phenoxy) is 2. The number of rotatable bonds is 8. The van der Waals surface area contributed by atoms with Gasteiger partial charge in [0.15, 0.2) is 21.4 Å². The van der Waals surface area contributed by atoms with Crippen LogP contribution in [0.1, 0.15) is 38.1 Å². The van der Waals surface area contributed by atoms with Crippen molar-refractivity contribution in [2.75, 3.05) is 12.9 Å². The summed E-state index contributed by atoms with van der Waals surface area (Å²) in [6, 6.07) is 2.50. The summed E-state index contributed by atoms with van der Waals surface area (Å²) < 4.78 is 34.4. The molecule has 0 unspecified atom stereocenters. The number of hydrogen-bond acceptors (Lipinski definition) is 6. The van der Waals surface area contributed by atoms with E-state index in [1.807, 2.05) is 0 Å². The predicted octanol–water partition coefficient (Wildman–Crippen LogP) is 3.22. The van der Waals surface area contributed by atoms with E-state index in [1.54, 1.807) is 20.8 Å². The van der Waals surface area contributed by atoms with Crippen LogP contribution in [0.5, 0.6) is 5.75 Å². The first kappa shape index (κ1) is 21.2. The molecule has 25 heavy (non-hydrogen) atoms. The predicted molar refractivity (Wildman–Crippen MR) is 95.0 cm³/mol. The number of hydrogen-bond donors (Lipinski definition) is 0. The van der Waals surface area contributed by atoms with Crippen molar-refractivity contribution in [1.29, 1.82) is 0 Å². The van der Waals surface area contributed by atoms with Crippen LogP contribution in [0, 0.1) is 0 Å². The Balaban J connectivity index is 3.57. The quantitative estimate of drug-likeness (QED) is 0.223. The van der Waals surface area contributed by atoms with E-state index in [-0.39, 0.29) is 39.5 Å². The standard InChI is InChI=1S/C17H21ClO6S/c1-6-23-9-13(11(4)19)16(20)12-7-8-14(25(5,21)22)17(15(12)18)24-10(2)3/h7-10H,6H2,1-5H3. The Hall–Kier alpha value is -1.86. The van der Waals surface area contributed by atoms with Gasteiger partial charge in [0.1, 0.15) is 4.90 Å². The van der Waals surface area contributed by atoms with Crippen molar-refractivity contribution in [3.8, 4) is 5.75 Å². The lowest BCUT2D eigenvalue weighted by Gasteiger charge is -2.17. The largest absolute Gasteiger partial charge is 0.501 e. The Kier molecular flexibility index (Phi) is 7.19. The average Bonchev–Trinajstić information content (AvgIpc) is 2.47. The van der Waals surface area contributed by atoms with Gasteiger partial charge in [0.25, 0.3) is 0 Å². The minimum Gasteiger partial charge on any atom is -0.501 e. The summed E-state index contributed by atoms with van der Waals surface area (Å²) in [4.78, 5) is 24.3. The minimum atomic E-state index is -3.62. The van der Waals surface area contributed by atoms with Gasteiger partial charge in [0, 0.05) is 11.8 Å². The molecule has 6 nitrogen and oxygen atoms in total. The highest BCUT2D eigenvalue weighted by Gasteiger charge is 2.26. The second kappa shape index (κ2) is 8.49. The number of halogens is 1. The van der Waals surface area contributed by atoms with Crippen molar-refractivity contribution in [1.82, 2.24) is 0 Å². The topological polar surface area (TPSA) is 86.7 Å². The van der Waals surface area contributed by atoms with Crippen LogP contribution in [0.15, 0.2) is 28.9 Å². The van der Waals surface area contributed by atoms with E-state index in [9.17, 15) is 18.0 Å². The second-order valence-electron chi connectivity index (χ2n) is 5.57. The maximum absolute atomic E-state index is 12.7. The van der Waals surface area contributed by atoms with Gasteiger partial charge in [0.2, 0.25) is 5.78 Å². The molecule has 0 aliphatic rings. The molecule has 0 saturated carbocycles. The molecule has 0 atom stereocenters. The summed E-state index contributed by atoms with van der Waals surface area (Å²) in [7, 11) is -3.62. The van der Waals surface area contributed by atoms with Gasteiger partial charge in [0.05, 0.1) is 29.6 Å². The van der Waals surface area contributed by atoms with Crippen LogP contribution >= 0.6 is 11.6 Å². The van der Waals surface area contributed by atoms with Crippen LogP contribution in [0.25, 0.3) is 0 Å². The first-order chi connectivity index (χ1) is 11.5. The van der Waals surface area contributed by atoms with Crippen molar-refractivity contribution in [3.63, 3.8) is 0 Å². The fraction of sp³-hybridized carbons (Fsp3) is 0.412. The molecule has 0 spiro atoms. The summed E-state index contributed by atoms with van der Waals surface area (Å²) in [5, 5.41) is -0.162. The van der Waals surface area contributed by atoms with Gasteiger partial charge in [-0.15, -0.1) is 0 Å². The first-order valence-corrected chi connectivity index (χ1v) is 9.84. The van der Waals surface area contributed by atoms with E-state index >= 15 is 0 Å². The molecular weight excluding hydrogens is 368 g/mol. The molecule has 0 fully saturated rings. The summed E-state index contributed by atoms with van der Waals surface area (Å²) in [6.45, 7) is 6.63. The van der Waals surface area contributed by atoms with Gasteiger partial charge < -0.3 is 9.47 Å². The van der Waals surface area contributed by atoms with E-state index in [0.29, 0.717) is 0 Å². The van der Waals surface area contributed by atoms with Gasteiger partial charge in [-0.1, -0.05) is 11.6 Å². The zero-order valence-corrected chi connectivity index (χ0v) is 16.3. The van der Waals surface area contributed by atoms with Crippen LogP contribution in [0.2, 0.25) is 5.02 Å². The number of carbonyl (C=O) groups is 2. The molecular formula is C17H21ClO6S. The lowest BCUT2D eigenvalue weighted by atomic mass is 10.0. The smallest absolute Gasteiger partial charge is 0.201 e. The molecule has 0 aliphatic heterocycles. The number of ketones is 2. The van der Waals surface area contributed by atoms with Crippen molar-refractivity contribution >= 4 is 33.0 Å². The molecule has 1 aromatic carbocycles. The molecule has 138 valence electrons. The number of Topliss-reactive ketones (excluding diaryl/α,β-unsaturated/α-hetero) is 2. The van der Waals surface area contributed by atoms with Crippen LogP contribution in [-0.2, 0) is 19.4 Å². The molecule has 0 N–H and O–H groups in total.